The molecule has 0 spiro atoms. The number of carbonyl (C=O) groups excluding carboxylic acids is 1. The SMILES string of the molecule is CC1CC2NC(=O)C=C[C@]2(C)[C@@H]2CC[C@]3(C)CC(Oc4ccncc4)C[C@H]3[C@H]12. The van der Waals surface area contributed by atoms with Gasteiger partial charge in [0.05, 0.1) is 6.10 Å². The number of nitrogens with zero attached hydrogens (tertiary/aromatic N) is 1. The van der Waals surface area contributed by atoms with Crippen LogP contribution in [0.3, 0.4) is 0 Å². The minimum atomic E-state index is 0.0838. The summed E-state index contributed by atoms with van der Waals surface area (Å²) in [7, 11) is 0. The molecule has 1 aliphatic heterocycles. The van der Waals surface area contributed by atoms with E-state index in [-0.39, 0.29) is 17.4 Å². The van der Waals surface area contributed by atoms with Crippen molar-refractivity contribution in [3.8, 4) is 5.75 Å². The fraction of sp³-hybridized carbons (Fsp3) is 0.667. The van der Waals surface area contributed by atoms with Crippen LogP contribution in [0.2, 0.25) is 0 Å². The van der Waals surface area contributed by atoms with E-state index < -0.39 is 0 Å². The van der Waals surface area contributed by atoms with Crippen LogP contribution in [0.25, 0.3) is 0 Å². The molecule has 4 nitrogen and oxygen atoms in total. The van der Waals surface area contributed by atoms with E-state index in [0.717, 1.165) is 25.0 Å². The van der Waals surface area contributed by atoms with Crippen LogP contribution in [-0.4, -0.2) is 23.0 Å². The first-order valence-corrected chi connectivity index (χ1v) is 11.0. The van der Waals surface area contributed by atoms with Crippen LogP contribution in [-0.2, 0) is 4.79 Å². The lowest BCUT2D eigenvalue weighted by Gasteiger charge is -2.60. The standard InChI is InChI=1S/C24H32N2O2/c1-15-12-20-24(3,9-5-21(27)26-20)18-4-8-23(2)14-17(13-19(23)22(15)18)28-16-6-10-25-11-7-16/h5-7,9-11,15,17-20,22H,4,8,12-14H2,1-3H3,(H,26,27)/t15?,17?,18-,19+,20?,22-,23-,24-/m1/s1. The second-order valence-electron chi connectivity index (χ2n) is 10.3. The predicted octanol–water partition coefficient (Wildman–Crippen LogP) is 4.37. The third-order valence-corrected chi connectivity index (χ3v) is 8.74. The van der Waals surface area contributed by atoms with Gasteiger partial charge in [-0.3, -0.25) is 9.78 Å². The van der Waals surface area contributed by atoms with Crippen LogP contribution < -0.4 is 10.1 Å². The van der Waals surface area contributed by atoms with E-state index in [2.05, 4.69) is 37.1 Å². The molecule has 150 valence electrons. The zero-order chi connectivity index (χ0) is 19.5. The Labute approximate surface area is 168 Å². The highest BCUT2D eigenvalue weighted by molar-refractivity contribution is 5.89. The molecule has 1 amide bonds. The van der Waals surface area contributed by atoms with E-state index in [0.29, 0.717) is 35.2 Å². The molecule has 0 bridgehead atoms. The molecule has 3 fully saturated rings. The fourth-order valence-corrected chi connectivity index (χ4v) is 7.38. The Balaban J connectivity index is 1.42. The molecule has 0 saturated heterocycles. The van der Waals surface area contributed by atoms with Crippen LogP contribution in [0.1, 0.15) is 52.9 Å². The number of rotatable bonds is 2. The summed E-state index contributed by atoms with van der Waals surface area (Å²) in [4.78, 5) is 16.1. The lowest BCUT2D eigenvalue weighted by molar-refractivity contribution is -0.124. The average molecular weight is 381 g/mol. The third-order valence-electron chi connectivity index (χ3n) is 8.74. The van der Waals surface area contributed by atoms with Gasteiger partial charge in [0.2, 0.25) is 5.91 Å². The molecule has 3 aliphatic carbocycles. The minimum absolute atomic E-state index is 0.0838. The maximum absolute atomic E-state index is 12.0. The number of aromatic nitrogens is 1. The van der Waals surface area contributed by atoms with Gasteiger partial charge in [-0.15, -0.1) is 0 Å². The summed E-state index contributed by atoms with van der Waals surface area (Å²) < 4.78 is 6.38. The number of hydrogen-bond acceptors (Lipinski definition) is 3. The molecule has 3 saturated carbocycles. The summed E-state index contributed by atoms with van der Waals surface area (Å²) in [5.74, 6) is 3.73. The largest absolute Gasteiger partial charge is 0.490 e. The van der Waals surface area contributed by atoms with Crippen molar-refractivity contribution in [1.29, 1.82) is 0 Å². The Kier molecular flexibility index (Phi) is 4.12. The second kappa shape index (κ2) is 6.33. The molecular formula is C24H32N2O2. The first-order valence-electron chi connectivity index (χ1n) is 11.0. The van der Waals surface area contributed by atoms with Crippen LogP contribution in [0.4, 0.5) is 0 Å². The molecule has 4 heteroatoms. The zero-order valence-corrected chi connectivity index (χ0v) is 17.2. The van der Waals surface area contributed by atoms with Crippen molar-refractivity contribution in [1.82, 2.24) is 10.3 Å². The molecule has 2 heterocycles. The van der Waals surface area contributed by atoms with Gasteiger partial charge in [-0.2, -0.15) is 0 Å². The highest BCUT2D eigenvalue weighted by atomic mass is 16.5. The average Bonchev–Trinajstić information content (AvgIpc) is 3.00. The van der Waals surface area contributed by atoms with Gasteiger partial charge in [0.15, 0.2) is 0 Å². The van der Waals surface area contributed by atoms with Crippen LogP contribution in [0.15, 0.2) is 36.7 Å². The van der Waals surface area contributed by atoms with Crippen molar-refractivity contribution >= 4 is 5.91 Å². The van der Waals surface area contributed by atoms with Crippen molar-refractivity contribution in [2.45, 2.75) is 65.0 Å². The molecule has 1 aromatic heterocycles. The Morgan fingerprint density at radius 2 is 1.96 bits per heavy atom. The fourth-order valence-electron chi connectivity index (χ4n) is 7.38. The van der Waals surface area contributed by atoms with E-state index in [4.69, 9.17) is 4.74 Å². The Morgan fingerprint density at radius 1 is 1.18 bits per heavy atom. The molecule has 3 unspecified atom stereocenters. The molecule has 8 atom stereocenters. The van der Waals surface area contributed by atoms with Gasteiger partial charge in [-0.05, 0) is 79.4 Å². The minimum Gasteiger partial charge on any atom is -0.490 e. The van der Waals surface area contributed by atoms with Crippen molar-refractivity contribution in [2.24, 2.45) is 34.5 Å². The molecule has 0 aromatic carbocycles. The quantitative estimate of drug-likeness (QED) is 0.829. The van der Waals surface area contributed by atoms with E-state index in [1.54, 1.807) is 6.08 Å². The number of carbonyl (C=O) groups is 1. The molecule has 1 aromatic rings. The smallest absolute Gasteiger partial charge is 0.243 e. The van der Waals surface area contributed by atoms with Crippen molar-refractivity contribution in [3.63, 3.8) is 0 Å². The summed E-state index contributed by atoms with van der Waals surface area (Å²) in [5.41, 5.74) is 0.467. The number of amides is 1. The van der Waals surface area contributed by atoms with E-state index in [1.807, 2.05) is 24.5 Å². The van der Waals surface area contributed by atoms with Gasteiger partial charge in [0.25, 0.3) is 0 Å². The van der Waals surface area contributed by atoms with Gasteiger partial charge in [0.1, 0.15) is 5.75 Å². The summed E-state index contributed by atoms with van der Waals surface area (Å²) in [6.07, 6.45) is 13.9. The molecule has 5 rings (SSSR count). The zero-order valence-electron chi connectivity index (χ0n) is 17.2. The third kappa shape index (κ3) is 2.71. The van der Waals surface area contributed by atoms with Crippen molar-refractivity contribution in [2.75, 3.05) is 0 Å². The summed E-state index contributed by atoms with van der Waals surface area (Å²) in [6.45, 7) is 7.31. The van der Waals surface area contributed by atoms with Gasteiger partial charge < -0.3 is 10.1 Å². The molecular weight excluding hydrogens is 348 g/mol. The van der Waals surface area contributed by atoms with Gasteiger partial charge in [-0.1, -0.05) is 26.8 Å². The first-order chi connectivity index (χ1) is 13.4. The van der Waals surface area contributed by atoms with E-state index >= 15 is 0 Å². The highest BCUT2D eigenvalue weighted by Crippen LogP contribution is 2.64. The van der Waals surface area contributed by atoms with Gasteiger partial charge >= 0.3 is 0 Å². The number of hydrogen-bond donors (Lipinski definition) is 1. The topological polar surface area (TPSA) is 51.2 Å². The van der Waals surface area contributed by atoms with E-state index in [1.165, 1.54) is 12.8 Å². The second-order valence-corrected chi connectivity index (χ2v) is 10.3. The molecule has 4 aliphatic rings. The number of pyridine rings is 1. The number of fused-ring (bicyclic) bond motifs is 5. The van der Waals surface area contributed by atoms with Gasteiger partial charge in [0, 0.05) is 23.9 Å². The first kappa shape index (κ1) is 18.2. The van der Waals surface area contributed by atoms with Crippen LogP contribution >= 0.6 is 0 Å². The lowest BCUT2D eigenvalue weighted by Crippen LogP contribution is -2.61. The Hall–Kier alpha value is -1.84. The molecule has 1 N–H and O–H groups in total. The predicted molar refractivity (Wildman–Crippen MR) is 109 cm³/mol. The van der Waals surface area contributed by atoms with Gasteiger partial charge in [-0.25, -0.2) is 0 Å². The maximum atomic E-state index is 12.0. The summed E-state index contributed by atoms with van der Waals surface area (Å²) in [6, 6.07) is 4.23. The van der Waals surface area contributed by atoms with Crippen LogP contribution in [0.5, 0.6) is 5.75 Å². The lowest BCUT2D eigenvalue weighted by atomic mass is 9.46. The normalized spacial score (nSPS) is 46.9. The van der Waals surface area contributed by atoms with E-state index in [9.17, 15) is 4.79 Å². The van der Waals surface area contributed by atoms with Crippen LogP contribution in [0, 0.1) is 34.5 Å². The molecule has 0 radical (unpaired) electrons. The van der Waals surface area contributed by atoms with Crippen molar-refractivity contribution < 1.29 is 9.53 Å². The summed E-state index contributed by atoms with van der Waals surface area (Å²) in [5, 5.41) is 3.28. The Morgan fingerprint density at radius 3 is 2.75 bits per heavy atom. The highest BCUT2D eigenvalue weighted by Gasteiger charge is 2.60. The monoisotopic (exact) mass is 380 g/mol. The maximum Gasteiger partial charge on any atom is 0.243 e. The molecule has 28 heavy (non-hydrogen) atoms. The number of ether oxygens (including phenoxy) is 1. The Bertz CT molecular complexity index is 793. The number of nitrogens with one attached hydrogen (secondary N) is 1. The summed E-state index contributed by atoms with van der Waals surface area (Å²) >= 11 is 0. The van der Waals surface area contributed by atoms with Crippen molar-refractivity contribution in [3.05, 3.63) is 36.7 Å².